The zero-order valence-corrected chi connectivity index (χ0v) is 10.6. The Morgan fingerprint density at radius 3 is 3.11 bits per heavy atom. The smallest absolute Gasteiger partial charge is 0.227 e. The topological polar surface area (TPSA) is 93.0 Å². The zero-order chi connectivity index (χ0) is 13.0. The Morgan fingerprint density at radius 1 is 1.67 bits per heavy atom. The Labute approximate surface area is 106 Å². The Kier molecular flexibility index (Phi) is 4.33. The number of hydrogen-bond acceptors (Lipinski definition) is 4. The minimum atomic E-state index is -0.194. The van der Waals surface area contributed by atoms with Crippen LogP contribution in [0, 0.1) is 12.8 Å². The standard InChI is InChI=1S/C12H20N4O2/c1-8-9(5-15-16-8)3-2-4-14-12(17)10-6-18-7-11(10)13/h5,10-11H,2-4,6-7,13H2,1H3,(H,14,17)(H,15,16). The summed E-state index contributed by atoms with van der Waals surface area (Å²) >= 11 is 0. The fraction of sp³-hybridized carbons (Fsp3) is 0.667. The molecule has 100 valence electrons. The quantitative estimate of drug-likeness (QED) is 0.629. The Hall–Kier alpha value is -1.40. The number of H-pyrrole nitrogens is 1. The molecule has 0 aliphatic carbocycles. The van der Waals surface area contributed by atoms with E-state index in [-0.39, 0.29) is 17.9 Å². The largest absolute Gasteiger partial charge is 0.379 e. The molecule has 1 aliphatic heterocycles. The monoisotopic (exact) mass is 252 g/mol. The van der Waals surface area contributed by atoms with Gasteiger partial charge in [0.15, 0.2) is 0 Å². The van der Waals surface area contributed by atoms with Crippen molar-refractivity contribution in [2.45, 2.75) is 25.8 Å². The van der Waals surface area contributed by atoms with E-state index in [0.717, 1.165) is 18.5 Å². The third kappa shape index (κ3) is 3.08. The van der Waals surface area contributed by atoms with Gasteiger partial charge in [-0.25, -0.2) is 0 Å². The van der Waals surface area contributed by atoms with Crippen molar-refractivity contribution in [3.63, 3.8) is 0 Å². The third-order valence-electron chi connectivity index (χ3n) is 3.32. The highest BCUT2D eigenvalue weighted by molar-refractivity contribution is 5.79. The van der Waals surface area contributed by atoms with E-state index in [1.54, 1.807) is 0 Å². The molecule has 1 aromatic heterocycles. The van der Waals surface area contributed by atoms with Gasteiger partial charge in [-0.3, -0.25) is 9.89 Å². The summed E-state index contributed by atoms with van der Waals surface area (Å²) in [4.78, 5) is 11.8. The Balaban J connectivity index is 1.66. The first kappa shape index (κ1) is 13.0. The fourth-order valence-electron chi connectivity index (χ4n) is 2.09. The first-order valence-corrected chi connectivity index (χ1v) is 6.28. The lowest BCUT2D eigenvalue weighted by Crippen LogP contribution is -2.41. The molecule has 2 rings (SSSR count). The number of nitrogens with zero attached hydrogens (tertiary/aromatic N) is 1. The van der Waals surface area contributed by atoms with E-state index in [4.69, 9.17) is 10.5 Å². The molecule has 1 amide bonds. The second kappa shape index (κ2) is 5.97. The molecule has 0 aromatic carbocycles. The molecule has 18 heavy (non-hydrogen) atoms. The van der Waals surface area contributed by atoms with Crippen molar-refractivity contribution in [2.24, 2.45) is 11.7 Å². The molecule has 1 saturated heterocycles. The van der Waals surface area contributed by atoms with Crippen LogP contribution in [0.5, 0.6) is 0 Å². The molecule has 6 nitrogen and oxygen atoms in total. The predicted octanol–water partition coefficient (Wildman–Crippen LogP) is -0.259. The third-order valence-corrected chi connectivity index (χ3v) is 3.32. The first-order chi connectivity index (χ1) is 8.68. The van der Waals surface area contributed by atoms with Gasteiger partial charge < -0.3 is 15.8 Å². The summed E-state index contributed by atoms with van der Waals surface area (Å²) in [5, 5.41) is 9.77. The van der Waals surface area contributed by atoms with Gasteiger partial charge >= 0.3 is 0 Å². The number of carbonyl (C=O) groups excluding carboxylic acids is 1. The molecule has 4 N–H and O–H groups in total. The van der Waals surface area contributed by atoms with E-state index in [1.165, 1.54) is 5.56 Å². The normalized spacial score (nSPS) is 23.2. The van der Waals surface area contributed by atoms with E-state index < -0.39 is 0 Å². The molecule has 1 aromatic rings. The number of aromatic amines is 1. The molecule has 0 bridgehead atoms. The van der Waals surface area contributed by atoms with Gasteiger partial charge in [-0.05, 0) is 25.3 Å². The van der Waals surface area contributed by atoms with Crippen LogP contribution in [-0.2, 0) is 16.0 Å². The number of rotatable bonds is 5. The number of carbonyl (C=O) groups is 1. The maximum absolute atomic E-state index is 11.8. The van der Waals surface area contributed by atoms with Gasteiger partial charge in [0.1, 0.15) is 0 Å². The lowest BCUT2D eigenvalue weighted by molar-refractivity contribution is -0.125. The van der Waals surface area contributed by atoms with Crippen molar-refractivity contribution in [1.29, 1.82) is 0 Å². The molecule has 2 heterocycles. The number of amides is 1. The number of nitrogens with one attached hydrogen (secondary N) is 2. The number of ether oxygens (including phenoxy) is 1. The summed E-state index contributed by atoms with van der Waals surface area (Å²) in [6, 6.07) is -0.166. The second-order valence-electron chi connectivity index (χ2n) is 4.72. The van der Waals surface area contributed by atoms with Crippen molar-refractivity contribution in [1.82, 2.24) is 15.5 Å². The minimum Gasteiger partial charge on any atom is -0.379 e. The number of aromatic nitrogens is 2. The summed E-state index contributed by atoms with van der Waals surface area (Å²) in [7, 11) is 0. The van der Waals surface area contributed by atoms with Crippen molar-refractivity contribution in [2.75, 3.05) is 19.8 Å². The highest BCUT2D eigenvalue weighted by Gasteiger charge is 2.30. The fourth-order valence-corrected chi connectivity index (χ4v) is 2.09. The van der Waals surface area contributed by atoms with Gasteiger partial charge in [0.2, 0.25) is 5.91 Å². The van der Waals surface area contributed by atoms with E-state index in [9.17, 15) is 4.79 Å². The summed E-state index contributed by atoms with van der Waals surface area (Å²) in [6.07, 6.45) is 3.64. The van der Waals surface area contributed by atoms with E-state index >= 15 is 0 Å². The van der Waals surface area contributed by atoms with Crippen LogP contribution in [0.2, 0.25) is 0 Å². The van der Waals surface area contributed by atoms with Crippen molar-refractivity contribution in [3.8, 4) is 0 Å². The summed E-state index contributed by atoms with van der Waals surface area (Å²) in [6.45, 7) is 3.57. The predicted molar refractivity (Wildman–Crippen MR) is 66.9 cm³/mol. The molecule has 0 spiro atoms. The van der Waals surface area contributed by atoms with Crippen molar-refractivity contribution in [3.05, 3.63) is 17.5 Å². The van der Waals surface area contributed by atoms with E-state index in [0.29, 0.717) is 19.8 Å². The lowest BCUT2D eigenvalue weighted by Gasteiger charge is -2.13. The molecule has 1 aliphatic rings. The maximum atomic E-state index is 11.8. The average molecular weight is 252 g/mol. The van der Waals surface area contributed by atoms with E-state index in [2.05, 4.69) is 15.5 Å². The van der Waals surface area contributed by atoms with Gasteiger partial charge in [0, 0.05) is 18.3 Å². The van der Waals surface area contributed by atoms with Crippen LogP contribution in [-0.4, -0.2) is 41.9 Å². The van der Waals surface area contributed by atoms with Crippen LogP contribution in [0.1, 0.15) is 17.7 Å². The van der Waals surface area contributed by atoms with Crippen molar-refractivity contribution >= 4 is 5.91 Å². The van der Waals surface area contributed by atoms with Crippen LogP contribution in [0.25, 0.3) is 0 Å². The van der Waals surface area contributed by atoms with Crippen LogP contribution >= 0.6 is 0 Å². The molecular weight excluding hydrogens is 232 g/mol. The van der Waals surface area contributed by atoms with Gasteiger partial charge in [0.05, 0.1) is 25.3 Å². The molecule has 2 unspecified atom stereocenters. The number of hydrogen-bond donors (Lipinski definition) is 3. The molecule has 6 heteroatoms. The van der Waals surface area contributed by atoms with Gasteiger partial charge in [-0.1, -0.05) is 0 Å². The highest BCUT2D eigenvalue weighted by Crippen LogP contribution is 2.11. The molecule has 1 fully saturated rings. The molecule has 0 saturated carbocycles. The summed E-state index contributed by atoms with van der Waals surface area (Å²) < 4.78 is 5.17. The van der Waals surface area contributed by atoms with Crippen LogP contribution < -0.4 is 11.1 Å². The zero-order valence-electron chi connectivity index (χ0n) is 10.6. The summed E-state index contributed by atoms with van der Waals surface area (Å²) in [5.41, 5.74) is 8.07. The second-order valence-corrected chi connectivity index (χ2v) is 4.72. The SMILES string of the molecule is Cc1[nH]ncc1CCCNC(=O)C1COCC1N. The molecular formula is C12H20N4O2. The number of nitrogens with two attached hydrogens (primary N) is 1. The molecule has 0 radical (unpaired) electrons. The van der Waals surface area contributed by atoms with Crippen molar-refractivity contribution < 1.29 is 9.53 Å². The van der Waals surface area contributed by atoms with Gasteiger partial charge in [-0.2, -0.15) is 5.10 Å². The lowest BCUT2D eigenvalue weighted by atomic mass is 10.0. The summed E-state index contributed by atoms with van der Waals surface area (Å²) in [5.74, 6) is -0.190. The molecule has 2 atom stereocenters. The minimum absolute atomic E-state index is 0.00363. The van der Waals surface area contributed by atoms with Crippen LogP contribution in [0.15, 0.2) is 6.20 Å². The average Bonchev–Trinajstić information content (AvgIpc) is 2.94. The van der Waals surface area contributed by atoms with Crippen LogP contribution in [0.3, 0.4) is 0 Å². The Morgan fingerprint density at radius 2 is 2.50 bits per heavy atom. The highest BCUT2D eigenvalue weighted by atomic mass is 16.5. The Bertz CT molecular complexity index is 405. The number of aryl methyl sites for hydroxylation is 2. The van der Waals surface area contributed by atoms with E-state index in [1.807, 2.05) is 13.1 Å². The van der Waals surface area contributed by atoms with Gasteiger partial charge in [0.25, 0.3) is 0 Å². The van der Waals surface area contributed by atoms with Crippen LogP contribution in [0.4, 0.5) is 0 Å². The van der Waals surface area contributed by atoms with Gasteiger partial charge in [-0.15, -0.1) is 0 Å². The maximum Gasteiger partial charge on any atom is 0.227 e. The first-order valence-electron chi connectivity index (χ1n) is 6.28.